The summed E-state index contributed by atoms with van der Waals surface area (Å²) >= 11 is 0. The molecule has 0 unspecified atom stereocenters. The first-order chi connectivity index (χ1) is 12.8. The van der Waals surface area contributed by atoms with E-state index in [1.54, 1.807) is 0 Å². The van der Waals surface area contributed by atoms with E-state index in [0.29, 0.717) is 5.69 Å². The molecule has 5 heteroatoms. The van der Waals surface area contributed by atoms with E-state index < -0.39 is 0 Å². The fourth-order valence-corrected chi connectivity index (χ4v) is 3.23. The van der Waals surface area contributed by atoms with Crippen LogP contribution in [0.15, 0.2) is 54.6 Å². The van der Waals surface area contributed by atoms with Crippen molar-refractivity contribution in [3.8, 4) is 5.75 Å². The lowest BCUT2D eigenvalue weighted by Crippen LogP contribution is -2.34. The highest BCUT2D eigenvalue weighted by atomic mass is 16.5. The number of aromatic amines is 1. The number of benzene rings is 2. The van der Waals surface area contributed by atoms with Crippen molar-refractivity contribution >= 4 is 16.9 Å². The third-order valence-corrected chi connectivity index (χ3v) is 4.64. The van der Waals surface area contributed by atoms with Crippen molar-refractivity contribution in [2.75, 3.05) is 13.1 Å². The van der Waals surface area contributed by atoms with Gasteiger partial charge in [0.15, 0.2) is 0 Å². The largest absolute Gasteiger partial charge is 0.490 e. The first kappa shape index (κ1) is 16.7. The molecule has 0 spiro atoms. The molecule has 3 aromatic rings. The Morgan fingerprint density at radius 2 is 1.85 bits per heavy atom. The fraction of sp³-hybridized carbons (Fsp3) is 0.286. The molecule has 0 radical (unpaired) electrons. The van der Waals surface area contributed by atoms with Crippen molar-refractivity contribution in [1.29, 1.82) is 0 Å². The van der Waals surface area contributed by atoms with Crippen molar-refractivity contribution in [2.24, 2.45) is 0 Å². The standard InChI is InChI=1S/C21H22N2O3/c24-21(25-14-15-5-2-1-3-6-15)19-13-17-18(23-19)7-4-8-20(17)26-16-9-11-22-12-10-16/h1-8,13,16,22-23H,9-12,14H2. The monoisotopic (exact) mass is 350 g/mol. The summed E-state index contributed by atoms with van der Waals surface area (Å²) in [4.78, 5) is 15.5. The Bertz CT molecular complexity index is 883. The molecule has 5 nitrogen and oxygen atoms in total. The first-order valence-electron chi connectivity index (χ1n) is 9.00. The quantitative estimate of drug-likeness (QED) is 0.690. The maximum Gasteiger partial charge on any atom is 0.355 e. The second kappa shape index (κ2) is 7.62. The fourth-order valence-electron chi connectivity index (χ4n) is 3.23. The van der Waals surface area contributed by atoms with Gasteiger partial charge in [0.25, 0.3) is 0 Å². The Labute approximate surface area is 152 Å². The number of rotatable bonds is 5. The normalized spacial score (nSPS) is 15.1. The summed E-state index contributed by atoms with van der Waals surface area (Å²) in [5.41, 5.74) is 2.28. The molecule has 2 heterocycles. The summed E-state index contributed by atoms with van der Waals surface area (Å²) in [5.74, 6) is 0.450. The second-order valence-electron chi connectivity index (χ2n) is 6.53. The lowest BCUT2D eigenvalue weighted by molar-refractivity contribution is 0.0467. The van der Waals surface area contributed by atoms with Crippen LogP contribution in [0.25, 0.3) is 10.9 Å². The van der Waals surface area contributed by atoms with Gasteiger partial charge in [-0.3, -0.25) is 0 Å². The third-order valence-electron chi connectivity index (χ3n) is 4.64. The molecule has 0 bridgehead atoms. The minimum absolute atomic E-state index is 0.213. The number of carbonyl (C=O) groups is 1. The molecule has 134 valence electrons. The van der Waals surface area contributed by atoms with Crippen LogP contribution in [0.4, 0.5) is 0 Å². The second-order valence-corrected chi connectivity index (χ2v) is 6.53. The number of hydrogen-bond donors (Lipinski definition) is 2. The highest BCUT2D eigenvalue weighted by Gasteiger charge is 2.18. The summed E-state index contributed by atoms with van der Waals surface area (Å²) in [6, 6.07) is 17.3. The topological polar surface area (TPSA) is 63.4 Å². The average molecular weight is 350 g/mol. The minimum Gasteiger partial charge on any atom is -0.490 e. The summed E-state index contributed by atoms with van der Waals surface area (Å²) in [6.45, 7) is 2.21. The van der Waals surface area contributed by atoms with Gasteiger partial charge < -0.3 is 19.8 Å². The van der Waals surface area contributed by atoms with Crippen molar-refractivity contribution in [3.05, 3.63) is 65.9 Å². The molecule has 2 N–H and O–H groups in total. The molecule has 1 saturated heterocycles. The smallest absolute Gasteiger partial charge is 0.355 e. The summed E-state index contributed by atoms with van der Waals surface area (Å²) < 4.78 is 11.6. The van der Waals surface area contributed by atoms with Gasteiger partial charge in [-0.2, -0.15) is 0 Å². The molecular formula is C21H22N2O3. The van der Waals surface area contributed by atoms with E-state index >= 15 is 0 Å². The molecule has 0 saturated carbocycles. The highest BCUT2D eigenvalue weighted by Crippen LogP contribution is 2.28. The zero-order valence-corrected chi connectivity index (χ0v) is 14.5. The number of H-pyrrole nitrogens is 1. The number of nitrogens with one attached hydrogen (secondary N) is 2. The SMILES string of the molecule is O=C(OCc1ccccc1)c1cc2c(OC3CCNCC3)cccc2[nH]1. The molecule has 26 heavy (non-hydrogen) atoms. The van der Waals surface area contributed by atoms with Crippen LogP contribution in [0.3, 0.4) is 0 Å². The van der Waals surface area contributed by atoms with Gasteiger partial charge in [0.05, 0.1) is 0 Å². The van der Waals surface area contributed by atoms with E-state index in [9.17, 15) is 4.79 Å². The molecule has 0 atom stereocenters. The lowest BCUT2D eigenvalue weighted by Gasteiger charge is -2.24. The number of aromatic nitrogens is 1. The Kier molecular flexibility index (Phi) is 4.88. The molecule has 1 aromatic heterocycles. The summed E-state index contributed by atoms with van der Waals surface area (Å²) in [5, 5.41) is 4.25. The van der Waals surface area contributed by atoms with Gasteiger partial charge in [-0.05, 0) is 49.7 Å². The van der Waals surface area contributed by atoms with Crippen LogP contribution in [0.1, 0.15) is 28.9 Å². The number of hydrogen-bond acceptors (Lipinski definition) is 4. The molecule has 0 aliphatic carbocycles. The predicted octanol–water partition coefficient (Wildman–Crippen LogP) is 3.66. The van der Waals surface area contributed by atoms with Crippen LogP contribution in [-0.4, -0.2) is 30.1 Å². The number of esters is 1. The minimum atomic E-state index is -0.363. The van der Waals surface area contributed by atoms with Gasteiger partial charge in [-0.1, -0.05) is 36.4 Å². The predicted molar refractivity (Wildman–Crippen MR) is 100 cm³/mol. The van der Waals surface area contributed by atoms with E-state index in [0.717, 1.165) is 48.1 Å². The molecule has 1 fully saturated rings. The Hall–Kier alpha value is -2.79. The first-order valence-corrected chi connectivity index (χ1v) is 9.00. The van der Waals surface area contributed by atoms with Crippen LogP contribution in [-0.2, 0) is 11.3 Å². The van der Waals surface area contributed by atoms with Gasteiger partial charge in [-0.15, -0.1) is 0 Å². The van der Waals surface area contributed by atoms with Crippen LogP contribution >= 0.6 is 0 Å². The van der Waals surface area contributed by atoms with E-state index in [-0.39, 0.29) is 18.7 Å². The Balaban J connectivity index is 1.49. The molecule has 1 aliphatic rings. The van der Waals surface area contributed by atoms with Crippen LogP contribution in [0, 0.1) is 0 Å². The van der Waals surface area contributed by atoms with Gasteiger partial charge >= 0.3 is 5.97 Å². The number of carbonyl (C=O) groups excluding carboxylic acids is 1. The number of piperidine rings is 1. The molecule has 4 rings (SSSR count). The molecule has 0 amide bonds. The zero-order chi connectivity index (χ0) is 17.8. The lowest BCUT2D eigenvalue weighted by atomic mass is 10.1. The number of ether oxygens (including phenoxy) is 2. The maximum absolute atomic E-state index is 12.4. The van der Waals surface area contributed by atoms with Crippen LogP contribution in [0.2, 0.25) is 0 Å². The van der Waals surface area contributed by atoms with Crippen molar-refractivity contribution in [2.45, 2.75) is 25.6 Å². The highest BCUT2D eigenvalue weighted by molar-refractivity contribution is 5.97. The summed E-state index contributed by atoms with van der Waals surface area (Å²) in [7, 11) is 0. The van der Waals surface area contributed by atoms with Gasteiger partial charge in [0.1, 0.15) is 24.2 Å². The summed E-state index contributed by atoms with van der Waals surface area (Å²) in [6.07, 6.45) is 2.20. The third kappa shape index (κ3) is 3.73. The van der Waals surface area contributed by atoms with Crippen molar-refractivity contribution < 1.29 is 14.3 Å². The van der Waals surface area contributed by atoms with Crippen molar-refractivity contribution in [3.63, 3.8) is 0 Å². The van der Waals surface area contributed by atoms with Crippen molar-refractivity contribution in [1.82, 2.24) is 10.3 Å². The number of fused-ring (bicyclic) bond motifs is 1. The average Bonchev–Trinajstić information content (AvgIpc) is 3.13. The Morgan fingerprint density at radius 1 is 1.04 bits per heavy atom. The van der Waals surface area contributed by atoms with Crippen LogP contribution < -0.4 is 10.1 Å². The van der Waals surface area contributed by atoms with Gasteiger partial charge in [0, 0.05) is 10.9 Å². The van der Waals surface area contributed by atoms with E-state index in [1.807, 2.05) is 54.6 Å². The van der Waals surface area contributed by atoms with E-state index in [4.69, 9.17) is 9.47 Å². The van der Waals surface area contributed by atoms with E-state index in [1.165, 1.54) is 0 Å². The van der Waals surface area contributed by atoms with E-state index in [2.05, 4.69) is 10.3 Å². The van der Waals surface area contributed by atoms with Gasteiger partial charge in [0.2, 0.25) is 0 Å². The van der Waals surface area contributed by atoms with Gasteiger partial charge in [-0.25, -0.2) is 4.79 Å². The Morgan fingerprint density at radius 3 is 2.65 bits per heavy atom. The molecular weight excluding hydrogens is 328 g/mol. The maximum atomic E-state index is 12.4. The zero-order valence-electron chi connectivity index (χ0n) is 14.5. The molecule has 2 aromatic carbocycles. The van der Waals surface area contributed by atoms with Crippen LogP contribution in [0.5, 0.6) is 5.75 Å². The molecule has 1 aliphatic heterocycles.